The summed E-state index contributed by atoms with van der Waals surface area (Å²) in [6, 6.07) is 2.32. The monoisotopic (exact) mass is 267 g/mol. The van der Waals surface area contributed by atoms with Gasteiger partial charge in [-0.1, -0.05) is 0 Å². The summed E-state index contributed by atoms with van der Waals surface area (Å²) in [4.78, 5) is 14.5. The number of halogens is 4. The lowest BCUT2D eigenvalue weighted by atomic mass is 10.3. The molecule has 100 valence electrons. The first-order chi connectivity index (χ1) is 8.36. The van der Waals surface area contributed by atoms with Crippen LogP contribution >= 0.6 is 0 Å². The van der Waals surface area contributed by atoms with E-state index in [-0.39, 0.29) is 11.4 Å². The molecular formula is C10H9F4NO3. The van der Waals surface area contributed by atoms with E-state index < -0.39 is 24.9 Å². The number of esters is 1. The van der Waals surface area contributed by atoms with Crippen LogP contribution in [-0.4, -0.2) is 37.0 Å². The summed E-state index contributed by atoms with van der Waals surface area (Å²) in [5, 5.41) is 0. The van der Waals surface area contributed by atoms with E-state index in [0.29, 0.717) is 0 Å². The van der Waals surface area contributed by atoms with Crippen molar-refractivity contribution in [1.82, 2.24) is 4.98 Å². The van der Waals surface area contributed by atoms with E-state index in [9.17, 15) is 22.4 Å². The van der Waals surface area contributed by atoms with Crippen LogP contribution in [0, 0.1) is 0 Å². The van der Waals surface area contributed by atoms with E-state index in [1.807, 2.05) is 0 Å². The lowest BCUT2D eigenvalue weighted by Crippen LogP contribution is -2.33. The molecule has 0 atom stereocenters. The molecule has 1 rings (SSSR count). The number of nitrogens with zero attached hydrogens (tertiary/aromatic N) is 1. The molecule has 0 unspecified atom stereocenters. The van der Waals surface area contributed by atoms with Crippen molar-refractivity contribution in [2.45, 2.75) is 12.3 Å². The molecular weight excluding hydrogens is 258 g/mol. The molecule has 8 heteroatoms. The molecule has 0 spiro atoms. The highest BCUT2D eigenvalue weighted by molar-refractivity contribution is 5.87. The molecule has 0 fully saturated rings. The number of hydrogen-bond donors (Lipinski definition) is 0. The van der Waals surface area contributed by atoms with E-state index >= 15 is 0 Å². The normalized spacial score (nSPS) is 11.4. The largest absolute Gasteiger partial charge is 0.485 e. The minimum atomic E-state index is -4.24. The van der Waals surface area contributed by atoms with Crippen LogP contribution in [0.1, 0.15) is 10.5 Å². The zero-order valence-corrected chi connectivity index (χ0v) is 9.20. The van der Waals surface area contributed by atoms with E-state index in [2.05, 4.69) is 14.5 Å². The Balaban J connectivity index is 2.62. The Morgan fingerprint density at radius 1 is 1.44 bits per heavy atom. The van der Waals surface area contributed by atoms with Crippen LogP contribution in [0.4, 0.5) is 17.6 Å². The molecule has 0 radical (unpaired) electrons. The van der Waals surface area contributed by atoms with Crippen molar-refractivity contribution < 1.29 is 31.8 Å². The molecule has 1 aromatic rings. The van der Waals surface area contributed by atoms with Gasteiger partial charge in [-0.15, -0.1) is 0 Å². The Hall–Kier alpha value is -1.86. The van der Waals surface area contributed by atoms with Crippen molar-refractivity contribution in [2.75, 3.05) is 13.7 Å². The fourth-order valence-electron chi connectivity index (χ4n) is 0.934. The highest BCUT2D eigenvalue weighted by Crippen LogP contribution is 2.24. The first kappa shape index (κ1) is 14.2. The lowest BCUT2D eigenvalue weighted by Gasteiger charge is -2.15. The highest BCUT2D eigenvalue weighted by Gasteiger charge is 2.41. The molecule has 0 aliphatic heterocycles. The SMILES string of the molecule is COC(=O)c1ccc(OCC(F)(F)C(F)F)cn1. The molecule has 0 saturated heterocycles. The second kappa shape index (κ2) is 5.65. The van der Waals surface area contributed by atoms with Crippen molar-refractivity contribution >= 4 is 5.97 Å². The quantitative estimate of drug-likeness (QED) is 0.606. The molecule has 0 N–H and O–H groups in total. The van der Waals surface area contributed by atoms with Crippen LogP contribution in [0.3, 0.4) is 0 Å². The van der Waals surface area contributed by atoms with Crippen LogP contribution < -0.4 is 4.74 Å². The smallest absolute Gasteiger partial charge is 0.356 e. The van der Waals surface area contributed by atoms with Crippen molar-refractivity contribution in [2.24, 2.45) is 0 Å². The summed E-state index contributed by atoms with van der Waals surface area (Å²) in [6.45, 7) is -1.47. The zero-order chi connectivity index (χ0) is 13.8. The maximum atomic E-state index is 12.5. The van der Waals surface area contributed by atoms with Gasteiger partial charge in [-0.05, 0) is 12.1 Å². The van der Waals surface area contributed by atoms with Gasteiger partial charge in [-0.2, -0.15) is 8.78 Å². The Kier molecular flexibility index (Phi) is 4.46. The number of methoxy groups -OCH3 is 1. The van der Waals surface area contributed by atoms with E-state index in [0.717, 1.165) is 19.4 Å². The minimum absolute atomic E-state index is 0.0505. The third-order valence-electron chi connectivity index (χ3n) is 1.88. The van der Waals surface area contributed by atoms with E-state index in [4.69, 9.17) is 0 Å². The first-order valence-electron chi connectivity index (χ1n) is 4.70. The van der Waals surface area contributed by atoms with Crippen LogP contribution in [0.25, 0.3) is 0 Å². The van der Waals surface area contributed by atoms with E-state index in [1.165, 1.54) is 6.07 Å². The van der Waals surface area contributed by atoms with Crippen LogP contribution in [0.15, 0.2) is 18.3 Å². The van der Waals surface area contributed by atoms with Gasteiger partial charge < -0.3 is 9.47 Å². The van der Waals surface area contributed by atoms with Crippen LogP contribution in [0.5, 0.6) is 5.75 Å². The maximum Gasteiger partial charge on any atom is 0.356 e. The Morgan fingerprint density at radius 3 is 2.56 bits per heavy atom. The van der Waals surface area contributed by atoms with Crippen molar-refractivity contribution in [3.05, 3.63) is 24.0 Å². The van der Waals surface area contributed by atoms with Crippen LogP contribution in [0.2, 0.25) is 0 Å². The summed E-state index contributed by atoms with van der Waals surface area (Å²) in [7, 11) is 1.15. The summed E-state index contributed by atoms with van der Waals surface area (Å²) >= 11 is 0. The highest BCUT2D eigenvalue weighted by atomic mass is 19.3. The van der Waals surface area contributed by atoms with Gasteiger partial charge in [-0.25, -0.2) is 18.6 Å². The minimum Gasteiger partial charge on any atom is -0.485 e. The van der Waals surface area contributed by atoms with Gasteiger partial charge in [0, 0.05) is 0 Å². The Bertz CT molecular complexity index is 408. The number of pyridine rings is 1. The van der Waals surface area contributed by atoms with Crippen molar-refractivity contribution in [1.29, 1.82) is 0 Å². The average molecular weight is 267 g/mol. The van der Waals surface area contributed by atoms with Crippen molar-refractivity contribution in [3.63, 3.8) is 0 Å². The third-order valence-corrected chi connectivity index (χ3v) is 1.88. The molecule has 0 amide bonds. The number of carbonyl (C=O) groups is 1. The molecule has 18 heavy (non-hydrogen) atoms. The number of carbonyl (C=O) groups excluding carboxylic acids is 1. The first-order valence-corrected chi connectivity index (χ1v) is 4.70. The molecule has 0 aliphatic carbocycles. The number of rotatable bonds is 5. The molecule has 1 aromatic heterocycles. The molecule has 4 nitrogen and oxygen atoms in total. The molecule has 0 saturated carbocycles. The second-order valence-corrected chi connectivity index (χ2v) is 3.22. The van der Waals surface area contributed by atoms with E-state index in [1.54, 1.807) is 0 Å². The third kappa shape index (κ3) is 3.57. The van der Waals surface area contributed by atoms with Gasteiger partial charge >= 0.3 is 18.3 Å². The standard InChI is InChI=1S/C10H9F4NO3/c1-17-8(16)7-3-2-6(4-15-7)18-5-10(13,14)9(11)12/h2-4,9H,5H2,1H3. The maximum absolute atomic E-state index is 12.5. The predicted octanol–water partition coefficient (Wildman–Crippen LogP) is 2.15. The van der Waals surface area contributed by atoms with Gasteiger partial charge in [0.05, 0.1) is 13.3 Å². The van der Waals surface area contributed by atoms with Gasteiger partial charge in [-0.3, -0.25) is 0 Å². The zero-order valence-electron chi connectivity index (χ0n) is 9.20. The summed E-state index contributed by atoms with van der Waals surface area (Å²) in [5.41, 5.74) is -0.0505. The average Bonchev–Trinajstić information content (AvgIpc) is 2.36. The van der Waals surface area contributed by atoms with Gasteiger partial charge in [0.1, 0.15) is 11.4 Å². The fourth-order valence-corrected chi connectivity index (χ4v) is 0.934. The lowest BCUT2D eigenvalue weighted by molar-refractivity contribution is -0.148. The molecule has 0 aromatic carbocycles. The molecule has 0 aliphatic rings. The number of hydrogen-bond acceptors (Lipinski definition) is 4. The predicted molar refractivity (Wildman–Crippen MR) is 52.0 cm³/mol. The van der Waals surface area contributed by atoms with Gasteiger partial charge in [0.15, 0.2) is 6.61 Å². The summed E-state index contributed by atoms with van der Waals surface area (Å²) in [5.74, 6) is -5.09. The molecule has 1 heterocycles. The second-order valence-electron chi connectivity index (χ2n) is 3.22. The van der Waals surface area contributed by atoms with Crippen LogP contribution in [-0.2, 0) is 4.74 Å². The molecule has 0 bridgehead atoms. The topological polar surface area (TPSA) is 48.4 Å². The Morgan fingerprint density at radius 2 is 2.11 bits per heavy atom. The van der Waals surface area contributed by atoms with Gasteiger partial charge in [0.25, 0.3) is 0 Å². The Labute approximate surface area is 99.5 Å². The number of ether oxygens (including phenoxy) is 2. The number of alkyl halides is 4. The number of aromatic nitrogens is 1. The van der Waals surface area contributed by atoms with Crippen molar-refractivity contribution in [3.8, 4) is 5.75 Å². The fraction of sp³-hybridized carbons (Fsp3) is 0.400. The summed E-state index contributed by atoms with van der Waals surface area (Å²) in [6.07, 6.45) is -2.84. The van der Waals surface area contributed by atoms with Gasteiger partial charge in [0.2, 0.25) is 0 Å². The summed E-state index contributed by atoms with van der Waals surface area (Å²) < 4.78 is 57.5.